The van der Waals surface area contributed by atoms with Gasteiger partial charge < -0.3 is 10.1 Å². The summed E-state index contributed by atoms with van der Waals surface area (Å²) in [6.45, 7) is 3.23. The number of fused-ring (bicyclic) bond motifs is 1. The van der Waals surface area contributed by atoms with E-state index in [0.717, 1.165) is 4.90 Å². The fourth-order valence-electron chi connectivity index (χ4n) is 3.03. The molecule has 2 aromatic rings. The number of rotatable bonds is 7. The Morgan fingerprint density at radius 3 is 2.33 bits per heavy atom. The van der Waals surface area contributed by atoms with E-state index in [2.05, 4.69) is 10.3 Å². The van der Waals surface area contributed by atoms with Crippen molar-refractivity contribution in [1.82, 2.24) is 15.2 Å². The van der Waals surface area contributed by atoms with Crippen LogP contribution in [0.25, 0.3) is 0 Å². The molecule has 0 radical (unpaired) electrons. The van der Waals surface area contributed by atoms with E-state index in [4.69, 9.17) is 16.3 Å². The van der Waals surface area contributed by atoms with E-state index in [-0.39, 0.29) is 22.7 Å². The van der Waals surface area contributed by atoms with Gasteiger partial charge in [-0.15, -0.1) is 0 Å². The maximum Gasteiger partial charge on any atom is 0.330 e. The molecule has 0 bridgehead atoms. The SMILES string of the molecule is CC(C)CC(NC(=O)c1cc(Cl)ccn1)C(=O)OCN1C(=O)c2ccccc2C1=O. The van der Waals surface area contributed by atoms with E-state index in [1.165, 1.54) is 30.5 Å². The van der Waals surface area contributed by atoms with E-state index in [0.29, 0.717) is 11.4 Å². The van der Waals surface area contributed by atoms with Crippen LogP contribution in [0.15, 0.2) is 42.6 Å². The highest BCUT2D eigenvalue weighted by Gasteiger charge is 2.36. The van der Waals surface area contributed by atoms with E-state index in [1.807, 2.05) is 13.8 Å². The lowest BCUT2D eigenvalue weighted by Crippen LogP contribution is -2.44. The number of amides is 3. The Balaban J connectivity index is 1.67. The van der Waals surface area contributed by atoms with Gasteiger partial charge in [-0.05, 0) is 36.6 Å². The summed E-state index contributed by atoms with van der Waals surface area (Å²) in [4.78, 5) is 54.6. The summed E-state index contributed by atoms with van der Waals surface area (Å²) in [7, 11) is 0. The molecule has 8 nitrogen and oxygen atoms in total. The van der Waals surface area contributed by atoms with Crippen molar-refractivity contribution >= 4 is 35.3 Å². The normalized spacial score (nSPS) is 13.9. The van der Waals surface area contributed by atoms with Crippen LogP contribution in [-0.2, 0) is 9.53 Å². The predicted octanol–water partition coefficient (Wildman–Crippen LogP) is 2.68. The topological polar surface area (TPSA) is 106 Å². The van der Waals surface area contributed by atoms with Gasteiger partial charge >= 0.3 is 5.97 Å². The molecule has 9 heteroatoms. The number of benzene rings is 1. The molecule has 1 aliphatic heterocycles. The molecule has 0 saturated heterocycles. The molecule has 156 valence electrons. The van der Waals surface area contributed by atoms with Crippen LogP contribution in [0.3, 0.4) is 0 Å². The lowest BCUT2D eigenvalue weighted by Gasteiger charge is -2.21. The third-order valence-electron chi connectivity index (χ3n) is 4.47. The highest BCUT2D eigenvalue weighted by molar-refractivity contribution is 6.30. The van der Waals surface area contributed by atoms with Crippen molar-refractivity contribution in [2.24, 2.45) is 5.92 Å². The van der Waals surface area contributed by atoms with Crippen molar-refractivity contribution in [2.45, 2.75) is 26.3 Å². The number of imide groups is 1. The first-order valence-electron chi connectivity index (χ1n) is 9.32. The first-order chi connectivity index (χ1) is 14.3. The molecule has 1 unspecified atom stereocenters. The van der Waals surface area contributed by atoms with Crippen LogP contribution in [-0.4, -0.2) is 46.3 Å². The number of halogens is 1. The monoisotopic (exact) mass is 429 g/mol. The molecule has 0 saturated carbocycles. The Morgan fingerprint density at radius 1 is 1.13 bits per heavy atom. The fourth-order valence-corrected chi connectivity index (χ4v) is 3.19. The molecule has 0 fully saturated rings. The third-order valence-corrected chi connectivity index (χ3v) is 4.70. The van der Waals surface area contributed by atoms with E-state index < -0.39 is 36.5 Å². The lowest BCUT2D eigenvalue weighted by molar-refractivity contribution is -0.149. The van der Waals surface area contributed by atoms with Crippen LogP contribution in [0.5, 0.6) is 0 Å². The van der Waals surface area contributed by atoms with Crippen LogP contribution in [0.1, 0.15) is 51.5 Å². The molecule has 1 aliphatic rings. The largest absolute Gasteiger partial charge is 0.442 e. The third kappa shape index (κ3) is 4.65. The summed E-state index contributed by atoms with van der Waals surface area (Å²) in [6.07, 6.45) is 1.68. The molecule has 0 aliphatic carbocycles. The first kappa shape index (κ1) is 21.4. The van der Waals surface area contributed by atoms with E-state index in [9.17, 15) is 19.2 Å². The molecule has 1 atom stereocenters. The minimum absolute atomic E-state index is 0.0596. The number of nitrogens with one attached hydrogen (secondary N) is 1. The van der Waals surface area contributed by atoms with Crippen molar-refractivity contribution < 1.29 is 23.9 Å². The Bertz CT molecular complexity index is 973. The smallest absolute Gasteiger partial charge is 0.330 e. The molecule has 3 amide bonds. The standard InChI is InChI=1S/C21H20ClN3O5/c1-12(2)9-17(24-18(26)16-10-13(22)7-8-23-16)21(29)30-11-25-19(27)14-5-3-4-6-15(14)20(25)28/h3-8,10,12,17H,9,11H2,1-2H3,(H,24,26). The van der Waals surface area contributed by atoms with Gasteiger partial charge in [0.15, 0.2) is 6.73 Å². The van der Waals surface area contributed by atoms with Crippen LogP contribution >= 0.6 is 11.6 Å². The number of nitrogens with zero attached hydrogens (tertiary/aromatic N) is 2. The second-order valence-corrected chi connectivity index (χ2v) is 7.63. The quantitative estimate of drug-likeness (QED) is 0.535. The second kappa shape index (κ2) is 9.04. The number of ether oxygens (including phenoxy) is 1. The van der Waals surface area contributed by atoms with Crippen molar-refractivity contribution in [2.75, 3.05) is 6.73 Å². The highest BCUT2D eigenvalue weighted by atomic mass is 35.5. The maximum atomic E-state index is 12.6. The Labute approximate surface area is 178 Å². The van der Waals surface area contributed by atoms with Crippen LogP contribution in [0.4, 0.5) is 0 Å². The number of aromatic nitrogens is 1. The molecule has 1 N–H and O–H groups in total. The van der Waals surface area contributed by atoms with Crippen LogP contribution in [0.2, 0.25) is 5.02 Å². The molecule has 0 spiro atoms. The molecular formula is C21H20ClN3O5. The van der Waals surface area contributed by atoms with Crippen molar-refractivity contribution in [1.29, 1.82) is 0 Å². The Morgan fingerprint density at radius 2 is 1.77 bits per heavy atom. The van der Waals surface area contributed by atoms with Crippen LogP contribution in [0, 0.1) is 5.92 Å². The van der Waals surface area contributed by atoms with E-state index >= 15 is 0 Å². The zero-order chi connectivity index (χ0) is 21.8. The lowest BCUT2D eigenvalue weighted by atomic mass is 10.0. The highest BCUT2D eigenvalue weighted by Crippen LogP contribution is 2.22. The fraction of sp³-hybridized carbons (Fsp3) is 0.286. The second-order valence-electron chi connectivity index (χ2n) is 7.19. The predicted molar refractivity (Wildman–Crippen MR) is 108 cm³/mol. The van der Waals surface area contributed by atoms with Gasteiger partial charge in [0.2, 0.25) is 0 Å². The molecule has 30 heavy (non-hydrogen) atoms. The molecule has 1 aromatic heterocycles. The van der Waals surface area contributed by atoms with Gasteiger partial charge in [0.05, 0.1) is 11.1 Å². The van der Waals surface area contributed by atoms with Crippen molar-refractivity contribution in [3.63, 3.8) is 0 Å². The van der Waals surface area contributed by atoms with Gasteiger partial charge in [0.25, 0.3) is 17.7 Å². The average molecular weight is 430 g/mol. The molecule has 1 aromatic carbocycles. The average Bonchev–Trinajstić information content (AvgIpc) is 2.95. The van der Waals surface area contributed by atoms with Gasteiger partial charge in [-0.2, -0.15) is 0 Å². The van der Waals surface area contributed by atoms with Gasteiger partial charge in [-0.25, -0.2) is 9.69 Å². The van der Waals surface area contributed by atoms with E-state index in [1.54, 1.807) is 12.1 Å². The zero-order valence-corrected chi connectivity index (χ0v) is 17.2. The molecule has 3 rings (SSSR count). The maximum absolute atomic E-state index is 12.6. The summed E-state index contributed by atoms with van der Waals surface area (Å²) < 4.78 is 5.21. The first-order valence-corrected chi connectivity index (χ1v) is 9.70. The molecule has 2 heterocycles. The molecular weight excluding hydrogens is 410 g/mol. The summed E-state index contributed by atoms with van der Waals surface area (Å²) in [6, 6.07) is 8.31. The zero-order valence-electron chi connectivity index (χ0n) is 16.4. The Hall–Kier alpha value is -3.26. The number of hydrogen-bond donors (Lipinski definition) is 1. The minimum atomic E-state index is -0.978. The number of esters is 1. The minimum Gasteiger partial charge on any atom is -0.442 e. The number of pyridine rings is 1. The number of carbonyl (C=O) groups excluding carboxylic acids is 4. The van der Waals surface area contributed by atoms with Gasteiger partial charge in [-0.1, -0.05) is 37.6 Å². The summed E-state index contributed by atoms with van der Waals surface area (Å²) in [5.74, 6) is -2.34. The van der Waals surface area contributed by atoms with Gasteiger partial charge in [0.1, 0.15) is 11.7 Å². The summed E-state index contributed by atoms with van der Waals surface area (Å²) >= 11 is 5.88. The number of carbonyl (C=O) groups is 4. The van der Waals surface area contributed by atoms with Gasteiger partial charge in [-0.3, -0.25) is 19.4 Å². The van der Waals surface area contributed by atoms with Gasteiger partial charge in [0, 0.05) is 11.2 Å². The summed E-state index contributed by atoms with van der Waals surface area (Å²) in [5, 5.41) is 2.92. The van der Waals surface area contributed by atoms with Crippen molar-refractivity contribution in [3.05, 3.63) is 64.4 Å². The number of hydrogen-bond acceptors (Lipinski definition) is 6. The summed E-state index contributed by atoms with van der Waals surface area (Å²) in [5.41, 5.74) is 0.583. The van der Waals surface area contributed by atoms with Crippen LogP contribution < -0.4 is 5.32 Å². The van der Waals surface area contributed by atoms with Crippen molar-refractivity contribution in [3.8, 4) is 0 Å². The Kier molecular flexibility index (Phi) is 6.47.